The van der Waals surface area contributed by atoms with Crippen LogP contribution in [0.3, 0.4) is 0 Å². The Morgan fingerprint density at radius 2 is 1.63 bits per heavy atom. The van der Waals surface area contributed by atoms with Gasteiger partial charge >= 0.3 is 0 Å². The van der Waals surface area contributed by atoms with E-state index in [1.165, 1.54) is 22.9 Å². The zero-order chi connectivity index (χ0) is 28.3. The van der Waals surface area contributed by atoms with Gasteiger partial charge in [-0.05, 0) is 66.9 Å². The van der Waals surface area contributed by atoms with Crippen LogP contribution in [0.25, 0.3) is 6.08 Å². The number of fused-ring (bicyclic) bond motifs is 1. The van der Waals surface area contributed by atoms with E-state index in [-0.39, 0.29) is 11.8 Å². The molecule has 0 N–H and O–H groups in total. The number of rotatable bonds is 5. The number of piperazine rings is 1. The molecule has 0 atom stereocenters. The number of hydrogen-bond acceptors (Lipinski definition) is 6. The molecule has 3 heterocycles. The van der Waals surface area contributed by atoms with Crippen LogP contribution >= 0.6 is 11.8 Å². The number of hydrogen-bond donors (Lipinski definition) is 0. The number of carbonyl (C=O) groups is 2. The average molecular weight is 562 g/mol. The summed E-state index contributed by atoms with van der Waals surface area (Å²) in [4.78, 5) is 43.1. The van der Waals surface area contributed by atoms with Crippen LogP contribution in [0, 0.1) is 13.8 Å². The maximum absolute atomic E-state index is 13.8. The molecule has 8 heteroatoms. The van der Waals surface area contributed by atoms with E-state index >= 15 is 0 Å². The Morgan fingerprint density at radius 1 is 0.902 bits per heavy atom. The molecule has 2 aliphatic heterocycles. The zero-order valence-electron chi connectivity index (χ0n) is 23.2. The van der Waals surface area contributed by atoms with Crippen LogP contribution in [0.15, 0.2) is 95.0 Å². The Morgan fingerprint density at radius 3 is 2.39 bits per heavy atom. The van der Waals surface area contributed by atoms with Crippen LogP contribution in [0.2, 0.25) is 0 Å². The van der Waals surface area contributed by atoms with Gasteiger partial charge in [0.1, 0.15) is 0 Å². The molecule has 1 saturated heterocycles. The van der Waals surface area contributed by atoms with Gasteiger partial charge in [0.2, 0.25) is 5.95 Å². The average Bonchev–Trinajstić information content (AvgIpc) is 3.01. The van der Waals surface area contributed by atoms with Gasteiger partial charge in [0.05, 0.1) is 17.1 Å². The molecule has 2 aliphatic rings. The van der Waals surface area contributed by atoms with Crippen LogP contribution < -0.4 is 9.80 Å². The van der Waals surface area contributed by atoms with E-state index in [0.29, 0.717) is 49.1 Å². The molecule has 0 unspecified atom stereocenters. The highest BCUT2D eigenvalue weighted by molar-refractivity contribution is 8.04. The third-order valence-corrected chi connectivity index (χ3v) is 8.60. The highest BCUT2D eigenvalue weighted by Gasteiger charge is 2.29. The van der Waals surface area contributed by atoms with E-state index in [2.05, 4.69) is 53.0 Å². The van der Waals surface area contributed by atoms with Gasteiger partial charge in [-0.1, -0.05) is 59.8 Å². The molecule has 4 aromatic rings. The van der Waals surface area contributed by atoms with Crippen LogP contribution in [0.4, 0.5) is 11.6 Å². The summed E-state index contributed by atoms with van der Waals surface area (Å²) in [5.41, 5.74) is 5.94. The van der Waals surface area contributed by atoms with E-state index in [0.717, 1.165) is 21.7 Å². The molecule has 0 saturated carbocycles. The highest BCUT2D eigenvalue weighted by atomic mass is 32.2. The standard InChI is InChI=1S/C33H31N5O2S/c1-23-8-9-24(2)27(20-23)22-38-28-6-3-4-7-29(28)41-30(32(38)40)21-25-10-12-26(13-11-25)31(39)36-16-18-37(19-17-36)33-34-14-5-15-35-33/h3-15,20-21H,16-19,22H2,1-2H3. The number of para-hydroxylation sites is 1. The lowest BCUT2D eigenvalue weighted by molar-refractivity contribution is -0.114. The lowest BCUT2D eigenvalue weighted by Gasteiger charge is -2.34. The number of benzene rings is 3. The summed E-state index contributed by atoms with van der Waals surface area (Å²) in [7, 11) is 0. The van der Waals surface area contributed by atoms with Crippen molar-refractivity contribution >= 4 is 41.3 Å². The Balaban J connectivity index is 1.18. The third kappa shape index (κ3) is 5.74. The van der Waals surface area contributed by atoms with E-state index in [1.807, 2.05) is 58.3 Å². The second-order valence-corrected chi connectivity index (χ2v) is 11.4. The smallest absolute Gasteiger partial charge is 0.265 e. The van der Waals surface area contributed by atoms with E-state index in [9.17, 15) is 9.59 Å². The molecule has 206 valence electrons. The Bertz CT molecular complexity index is 1610. The first kappa shape index (κ1) is 26.8. The van der Waals surface area contributed by atoms with Crippen molar-refractivity contribution in [2.24, 2.45) is 0 Å². The van der Waals surface area contributed by atoms with Crippen molar-refractivity contribution in [3.05, 3.63) is 118 Å². The van der Waals surface area contributed by atoms with E-state index < -0.39 is 0 Å². The minimum atomic E-state index is -0.0185. The van der Waals surface area contributed by atoms with Gasteiger partial charge in [-0.2, -0.15) is 0 Å². The third-order valence-electron chi connectivity index (χ3n) is 7.52. The second-order valence-electron chi connectivity index (χ2n) is 10.3. The van der Waals surface area contributed by atoms with Gasteiger partial charge in [-0.15, -0.1) is 0 Å². The zero-order valence-corrected chi connectivity index (χ0v) is 24.0. The fourth-order valence-electron chi connectivity index (χ4n) is 5.18. The molecule has 0 aliphatic carbocycles. The van der Waals surface area contributed by atoms with Gasteiger partial charge in [0.25, 0.3) is 11.8 Å². The number of aromatic nitrogens is 2. The lowest BCUT2D eigenvalue weighted by Crippen LogP contribution is -2.49. The molecule has 3 aromatic carbocycles. The molecule has 0 radical (unpaired) electrons. The van der Waals surface area contributed by atoms with Crippen molar-refractivity contribution in [2.45, 2.75) is 25.3 Å². The molecular weight excluding hydrogens is 530 g/mol. The molecule has 6 rings (SSSR count). The number of nitrogens with zero attached hydrogens (tertiary/aromatic N) is 5. The molecular formula is C33H31N5O2S. The van der Waals surface area contributed by atoms with Crippen LogP contribution in [-0.2, 0) is 11.3 Å². The first-order chi connectivity index (χ1) is 20.0. The summed E-state index contributed by atoms with van der Waals surface area (Å²) in [6, 6.07) is 23.7. The minimum absolute atomic E-state index is 0.00887. The normalized spacial score (nSPS) is 16.2. The first-order valence-electron chi connectivity index (χ1n) is 13.7. The first-order valence-corrected chi connectivity index (χ1v) is 14.6. The topological polar surface area (TPSA) is 69.6 Å². The Kier molecular flexibility index (Phi) is 7.57. The molecule has 41 heavy (non-hydrogen) atoms. The van der Waals surface area contributed by atoms with Gasteiger partial charge in [-0.25, -0.2) is 9.97 Å². The predicted octanol–water partition coefficient (Wildman–Crippen LogP) is 5.74. The van der Waals surface area contributed by atoms with Crippen molar-refractivity contribution in [1.82, 2.24) is 14.9 Å². The predicted molar refractivity (Wildman–Crippen MR) is 164 cm³/mol. The summed E-state index contributed by atoms with van der Waals surface area (Å²) in [6.45, 7) is 7.29. The molecule has 1 aromatic heterocycles. The summed E-state index contributed by atoms with van der Waals surface area (Å²) in [5, 5.41) is 0. The molecule has 2 amide bonds. The fourth-order valence-corrected chi connectivity index (χ4v) is 6.24. The molecule has 7 nitrogen and oxygen atoms in total. The minimum Gasteiger partial charge on any atom is -0.337 e. The largest absolute Gasteiger partial charge is 0.337 e. The number of carbonyl (C=O) groups excluding carboxylic acids is 2. The molecule has 0 bridgehead atoms. The van der Waals surface area contributed by atoms with Crippen molar-refractivity contribution in [3.63, 3.8) is 0 Å². The van der Waals surface area contributed by atoms with Crippen molar-refractivity contribution in [2.75, 3.05) is 36.0 Å². The number of amides is 2. The van der Waals surface area contributed by atoms with Gasteiger partial charge < -0.3 is 14.7 Å². The monoisotopic (exact) mass is 561 g/mol. The molecule has 1 fully saturated rings. The summed E-state index contributed by atoms with van der Waals surface area (Å²) < 4.78 is 0. The van der Waals surface area contributed by atoms with Crippen molar-refractivity contribution in [3.8, 4) is 0 Å². The summed E-state index contributed by atoms with van der Waals surface area (Å²) >= 11 is 1.49. The van der Waals surface area contributed by atoms with Crippen LogP contribution in [0.5, 0.6) is 0 Å². The van der Waals surface area contributed by atoms with Crippen molar-refractivity contribution < 1.29 is 9.59 Å². The Labute approximate surface area is 244 Å². The van der Waals surface area contributed by atoms with Gasteiger partial charge in [0, 0.05) is 49.0 Å². The maximum Gasteiger partial charge on any atom is 0.265 e. The lowest BCUT2D eigenvalue weighted by atomic mass is 10.0. The SMILES string of the molecule is Cc1ccc(C)c(CN2C(=O)C(=Cc3ccc(C(=O)N4CCN(c5ncccn5)CC4)cc3)Sc3ccccc32)c1. The highest BCUT2D eigenvalue weighted by Crippen LogP contribution is 2.42. The van der Waals surface area contributed by atoms with E-state index in [1.54, 1.807) is 18.5 Å². The van der Waals surface area contributed by atoms with Crippen LogP contribution in [-0.4, -0.2) is 52.9 Å². The molecule has 0 spiro atoms. The number of anilines is 2. The summed E-state index contributed by atoms with van der Waals surface area (Å²) in [5.74, 6) is 0.687. The quantitative estimate of drug-likeness (QED) is 0.290. The number of thioether (sulfide) groups is 1. The summed E-state index contributed by atoms with van der Waals surface area (Å²) in [6.07, 6.45) is 5.39. The van der Waals surface area contributed by atoms with E-state index in [4.69, 9.17) is 0 Å². The number of aryl methyl sites for hydroxylation is 2. The van der Waals surface area contributed by atoms with Crippen molar-refractivity contribution in [1.29, 1.82) is 0 Å². The van der Waals surface area contributed by atoms with Gasteiger partial charge in [0.15, 0.2) is 0 Å². The Hall–Kier alpha value is -4.43. The second kappa shape index (κ2) is 11.6. The van der Waals surface area contributed by atoms with Gasteiger partial charge in [-0.3, -0.25) is 9.59 Å². The van der Waals surface area contributed by atoms with Crippen LogP contribution in [0.1, 0.15) is 32.6 Å². The maximum atomic E-state index is 13.8. The fraction of sp³-hybridized carbons (Fsp3) is 0.212.